The molecule has 2 rings (SSSR count). The highest BCUT2D eigenvalue weighted by Gasteiger charge is 2.13. The molecule has 0 fully saturated rings. The first kappa shape index (κ1) is 12.8. The van der Waals surface area contributed by atoms with Crippen molar-refractivity contribution in [3.8, 4) is 5.75 Å². The zero-order chi connectivity index (χ0) is 13.3. The average molecular weight is 286 g/mol. The van der Waals surface area contributed by atoms with E-state index >= 15 is 0 Å². The van der Waals surface area contributed by atoms with E-state index in [2.05, 4.69) is 5.32 Å². The van der Waals surface area contributed by atoms with Gasteiger partial charge in [-0.05, 0) is 25.1 Å². The van der Waals surface area contributed by atoms with E-state index in [4.69, 9.17) is 27.6 Å². The Kier molecular flexibility index (Phi) is 3.50. The molecule has 1 heterocycles. The Morgan fingerprint density at radius 1 is 1.33 bits per heavy atom. The molecule has 2 N–H and O–H groups in total. The number of anilines is 1. The van der Waals surface area contributed by atoms with Gasteiger partial charge in [0.15, 0.2) is 5.75 Å². The van der Waals surface area contributed by atoms with Gasteiger partial charge in [-0.3, -0.25) is 4.79 Å². The summed E-state index contributed by atoms with van der Waals surface area (Å²) in [7, 11) is 0. The maximum Gasteiger partial charge on any atom is 0.259 e. The quantitative estimate of drug-likeness (QED) is 0.824. The number of phenols is 1. The molecule has 1 aromatic heterocycles. The molecule has 0 saturated carbocycles. The SMILES string of the molecule is Cc1cc(C(=O)Nc2cc(Cl)cc(Cl)c2O)co1. The first-order valence-electron chi connectivity index (χ1n) is 5.02. The molecule has 0 aliphatic rings. The summed E-state index contributed by atoms with van der Waals surface area (Å²) in [5, 5.41) is 12.6. The van der Waals surface area contributed by atoms with Gasteiger partial charge in [0.05, 0.1) is 16.3 Å². The molecular formula is C12H9Cl2NO3. The van der Waals surface area contributed by atoms with Crippen LogP contribution < -0.4 is 5.32 Å². The smallest absolute Gasteiger partial charge is 0.259 e. The first-order valence-corrected chi connectivity index (χ1v) is 5.77. The third-order valence-electron chi connectivity index (χ3n) is 2.27. The third kappa shape index (κ3) is 2.60. The number of nitrogens with one attached hydrogen (secondary N) is 1. The summed E-state index contributed by atoms with van der Waals surface area (Å²) >= 11 is 11.5. The molecule has 0 radical (unpaired) electrons. The number of carbonyl (C=O) groups is 1. The second-order valence-electron chi connectivity index (χ2n) is 3.68. The Morgan fingerprint density at radius 2 is 2.06 bits per heavy atom. The average Bonchev–Trinajstić information content (AvgIpc) is 2.72. The van der Waals surface area contributed by atoms with Gasteiger partial charge in [-0.25, -0.2) is 0 Å². The highest BCUT2D eigenvalue weighted by Crippen LogP contribution is 2.35. The fourth-order valence-corrected chi connectivity index (χ4v) is 1.91. The van der Waals surface area contributed by atoms with Crippen LogP contribution in [0.25, 0.3) is 0 Å². The molecule has 0 aliphatic heterocycles. The van der Waals surface area contributed by atoms with E-state index in [-0.39, 0.29) is 16.5 Å². The number of furan rings is 1. The summed E-state index contributed by atoms with van der Waals surface area (Å²) in [5.41, 5.74) is 0.499. The van der Waals surface area contributed by atoms with Crippen LogP contribution in [0.1, 0.15) is 16.1 Å². The van der Waals surface area contributed by atoms with E-state index in [1.54, 1.807) is 13.0 Å². The molecule has 0 aliphatic carbocycles. The van der Waals surface area contributed by atoms with E-state index < -0.39 is 5.91 Å². The van der Waals surface area contributed by atoms with Gasteiger partial charge in [-0.1, -0.05) is 23.2 Å². The van der Waals surface area contributed by atoms with Gasteiger partial charge < -0.3 is 14.8 Å². The lowest BCUT2D eigenvalue weighted by Gasteiger charge is -2.08. The summed E-state index contributed by atoms with van der Waals surface area (Å²) in [4.78, 5) is 11.8. The topological polar surface area (TPSA) is 62.5 Å². The zero-order valence-corrected chi connectivity index (χ0v) is 10.8. The molecule has 1 aromatic carbocycles. The van der Waals surface area contributed by atoms with Crippen molar-refractivity contribution < 1.29 is 14.3 Å². The molecule has 1 amide bonds. The largest absolute Gasteiger partial charge is 0.504 e. The normalized spacial score (nSPS) is 10.4. The third-order valence-corrected chi connectivity index (χ3v) is 2.78. The molecule has 0 unspecified atom stereocenters. The van der Waals surface area contributed by atoms with E-state index in [0.717, 1.165) is 0 Å². The van der Waals surface area contributed by atoms with Crippen molar-refractivity contribution in [2.45, 2.75) is 6.92 Å². The van der Waals surface area contributed by atoms with Crippen LogP contribution in [0.2, 0.25) is 10.0 Å². The molecule has 2 aromatic rings. The number of amides is 1. The van der Waals surface area contributed by atoms with Crippen LogP contribution in [0.3, 0.4) is 0 Å². The van der Waals surface area contributed by atoms with Crippen molar-refractivity contribution in [1.29, 1.82) is 0 Å². The van der Waals surface area contributed by atoms with E-state index in [1.807, 2.05) is 0 Å². The molecule has 18 heavy (non-hydrogen) atoms. The fourth-order valence-electron chi connectivity index (χ4n) is 1.42. The minimum atomic E-state index is -0.416. The predicted octanol–water partition coefficient (Wildman–Crippen LogP) is 3.85. The summed E-state index contributed by atoms with van der Waals surface area (Å²) in [6.07, 6.45) is 1.33. The van der Waals surface area contributed by atoms with Crippen molar-refractivity contribution in [1.82, 2.24) is 0 Å². The molecule has 0 spiro atoms. The maximum absolute atomic E-state index is 11.8. The highest BCUT2D eigenvalue weighted by atomic mass is 35.5. The Hall–Kier alpha value is -1.65. The Labute approximate surface area is 113 Å². The van der Waals surface area contributed by atoms with Gasteiger partial charge in [0.25, 0.3) is 5.91 Å². The maximum atomic E-state index is 11.8. The number of benzene rings is 1. The second kappa shape index (κ2) is 4.92. The minimum Gasteiger partial charge on any atom is -0.504 e. The van der Waals surface area contributed by atoms with Crippen LogP contribution in [0.15, 0.2) is 28.9 Å². The van der Waals surface area contributed by atoms with E-state index in [1.165, 1.54) is 18.4 Å². The number of halogens is 2. The summed E-state index contributed by atoms with van der Waals surface area (Å²) in [6, 6.07) is 4.38. The van der Waals surface area contributed by atoms with Gasteiger partial charge in [0.1, 0.15) is 12.0 Å². The Bertz CT molecular complexity index is 607. The van der Waals surface area contributed by atoms with Crippen molar-refractivity contribution in [3.63, 3.8) is 0 Å². The Morgan fingerprint density at radius 3 is 2.67 bits per heavy atom. The van der Waals surface area contributed by atoms with Crippen molar-refractivity contribution >= 4 is 34.8 Å². The van der Waals surface area contributed by atoms with Gasteiger partial charge in [-0.15, -0.1) is 0 Å². The summed E-state index contributed by atoms with van der Waals surface area (Å²) in [6.45, 7) is 1.73. The number of hydrogen-bond donors (Lipinski definition) is 2. The van der Waals surface area contributed by atoms with Crippen LogP contribution >= 0.6 is 23.2 Å². The lowest BCUT2D eigenvalue weighted by atomic mass is 10.2. The van der Waals surface area contributed by atoms with E-state index in [0.29, 0.717) is 16.3 Å². The summed E-state index contributed by atoms with van der Waals surface area (Å²) in [5.74, 6) is -0.0244. The van der Waals surface area contributed by atoms with Crippen LogP contribution in [0.4, 0.5) is 5.69 Å². The molecule has 6 heteroatoms. The number of phenolic OH excluding ortho intramolecular Hbond substituents is 1. The molecule has 4 nitrogen and oxygen atoms in total. The van der Waals surface area contributed by atoms with Gasteiger partial charge >= 0.3 is 0 Å². The highest BCUT2D eigenvalue weighted by molar-refractivity contribution is 6.36. The number of aromatic hydroxyl groups is 1. The number of hydrogen-bond acceptors (Lipinski definition) is 3. The van der Waals surface area contributed by atoms with Crippen LogP contribution in [0, 0.1) is 6.92 Å². The lowest BCUT2D eigenvalue weighted by Crippen LogP contribution is -2.11. The summed E-state index contributed by atoms with van der Waals surface area (Å²) < 4.78 is 5.03. The number of rotatable bonds is 2. The van der Waals surface area contributed by atoms with E-state index in [9.17, 15) is 9.90 Å². The molecule has 0 bridgehead atoms. The number of carbonyl (C=O) groups excluding carboxylic acids is 1. The fraction of sp³-hybridized carbons (Fsp3) is 0.0833. The van der Waals surface area contributed by atoms with Gasteiger partial charge in [0, 0.05) is 5.02 Å². The monoisotopic (exact) mass is 285 g/mol. The molecule has 94 valence electrons. The standard InChI is InChI=1S/C12H9Cl2NO3/c1-6-2-7(5-18-6)12(17)15-10-4-8(13)3-9(14)11(10)16/h2-5,16H,1H3,(H,15,17). The van der Waals surface area contributed by atoms with Crippen LogP contribution in [-0.4, -0.2) is 11.0 Å². The van der Waals surface area contributed by atoms with Gasteiger partial charge in [-0.2, -0.15) is 0 Å². The van der Waals surface area contributed by atoms with Crippen LogP contribution in [-0.2, 0) is 0 Å². The lowest BCUT2D eigenvalue weighted by molar-refractivity contribution is 0.102. The Balaban J connectivity index is 2.27. The number of aryl methyl sites for hydroxylation is 1. The molecule has 0 saturated heterocycles. The van der Waals surface area contributed by atoms with Crippen molar-refractivity contribution in [2.24, 2.45) is 0 Å². The van der Waals surface area contributed by atoms with Crippen LogP contribution in [0.5, 0.6) is 5.75 Å². The predicted molar refractivity (Wildman–Crippen MR) is 69.5 cm³/mol. The molecule has 0 atom stereocenters. The first-order chi connectivity index (χ1) is 8.47. The molecular weight excluding hydrogens is 277 g/mol. The zero-order valence-electron chi connectivity index (χ0n) is 9.33. The van der Waals surface area contributed by atoms with Gasteiger partial charge in [0.2, 0.25) is 0 Å². The minimum absolute atomic E-state index is 0.0705. The second-order valence-corrected chi connectivity index (χ2v) is 4.53. The van der Waals surface area contributed by atoms with Crippen molar-refractivity contribution in [3.05, 3.63) is 45.8 Å². The van der Waals surface area contributed by atoms with Crippen molar-refractivity contribution in [2.75, 3.05) is 5.32 Å².